The fraction of sp³-hybridized carbons (Fsp3) is 1.00. The summed E-state index contributed by atoms with van der Waals surface area (Å²) >= 11 is 0. The van der Waals surface area contributed by atoms with E-state index in [1.54, 1.807) is 0 Å². The molecule has 4 heteroatoms. The summed E-state index contributed by atoms with van der Waals surface area (Å²) in [6, 6.07) is 0. The predicted molar refractivity (Wildman–Crippen MR) is 67.7 cm³/mol. The normalized spacial score (nSPS) is 18.7. The third kappa shape index (κ3) is 9.53. The average molecular weight is 248 g/mol. The van der Waals surface area contributed by atoms with Crippen molar-refractivity contribution in [1.82, 2.24) is 0 Å². The second-order valence-corrected chi connectivity index (χ2v) is 4.87. The lowest BCUT2D eigenvalue weighted by atomic mass is 9.99. The standard InChI is InChI=1S/C13H28O4/c1-3-5-6-11(15)8-13(17)9-12(16)7-10(14)4-2/h10-17H,3-9H2,1-2H3. The molecule has 0 aromatic carbocycles. The smallest absolute Gasteiger partial charge is 0.0589 e. The minimum absolute atomic E-state index is 0.222. The van der Waals surface area contributed by atoms with E-state index in [1.807, 2.05) is 6.92 Å². The Bertz CT molecular complexity index is 175. The Morgan fingerprint density at radius 3 is 1.65 bits per heavy atom. The molecule has 0 amide bonds. The van der Waals surface area contributed by atoms with Gasteiger partial charge < -0.3 is 20.4 Å². The molecule has 4 atom stereocenters. The molecule has 0 saturated carbocycles. The largest absolute Gasteiger partial charge is 0.393 e. The molecule has 0 heterocycles. The molecule has 0 radical (unpaired) electrons. The first-order valence-corrected chi connectivity index (χ1v) is 6.71. The van der Waals surface area contributed by atoms with Crippen molar-refractivity contribution < 1.29 is 20.4 Å². The summed E-state index contributed by atoms with van der Waals surface area (Å²) < 4.78 is 0. The maximum atomic E-state index is 9.67. The number of aliphatic hydroxyl groups excluding tert-OH is 4. The first-order valence-electron chi connectivity index (χ1n) is 6.71. The van der Waals surface area contributed by atoms with Gasteiger partial charge in [0.25, 0.3) is 0 Å². The zero-order valence-corrected chi connectivity index (χ0v) is 11.0. The molecule has 0 aliphatic carbocycles. The van der Waals surface area contributed by atoms with Crippen LogP contribution in [0.4, 0.5) is 0 Å². The highest BCUT2D eigenvalue weighted by atomic mass is 16.3. The molecule has 0 rings (SSSR count). The Hall–Kier alpha value is -0.160. The van der Waals surface area contributed by atoms with Crippen molar-refractivity contribution in [1.29, 1.82) is 0 Å². The second-order valence-electron chi connectivity index (χ2n) is 4.87. The minimum Gasteiger partial charge on any atom is -0.393 e. The van der Waals surface area contributed by atoms with E-state index in [0.717, 1.165) is 12.8 Å². The maximum absolute atomic E-state index is 9.67. The molecule has 0 spiro atoms. The molecule has 17 heavy (non-hydrogen) atoms. The lowest BCUT2D eigenvalue weighted by molar-refractivity contribution is 0.0166. The molecular weight excluding hydrogens is 220 g/mol. The van der Waals surface area contributed by atoms with Gasteiger partial charge in [-0.2, -0.15) is 0 Å². The van der Waals surface area contributed by atoms with Gasteiger partial charge in [0.2, 0.25) is 0 Å². The lowest BCUT2D eigenvalue weighted by Gasteiger charge is -2.20. The van der Waals surface area contributed by atoms with Gasteiger partial charge in [0.05, 0.1) is 24.4 Å². The van der Waals surface area contributed by atoms with Gasteiger partial charge in [-0.1, -0.05) is 26.7 Å². The highest BCUT2D eigenvalue weighted by molar-refractivity contribution is 4.70. The van der Waals surface area contributed by atoms with Crippen molar-refractivity contribution in [2.24, 2.45) is 0 Å². The van der Waals surface area contributed by atoms with Crippen LogP contribution in [0.15, 0.2) is 0 Å². The second kappa shape index (κ2) is 9.83. The first kappa shape index (κ1) is 16.8. The van der Waals surface area contributed by atoms with Crippen LogP contribution in [0.1, 0.15) is 58.8 Å². The van der Waals surface area contributed by atoms with Gasteiger partial charge in [-0.3, -0.25) is 0 Å². The highest BCUT2D eigenvalue weighted by Gasteiger charge is 2.17. The van der Waals surface area contributed by atoms with Crippen LogP contribution in [0.3, 0.4) is 0 Å². The zero-order valence-electron chi connectivity index (χ0n) is 11.0. The quantitative estimate of drug-likeness (QED) is 0.468. The SMILES string of the molecule is CCCCC(O)CC(O)CC(O)CC(O)CC. The van der Waals surface area contributed by atoms with Crippen LogP contribution < -0.4 is 0 Å². The molecule has 4 N–H and O–H groups in total. The molecular formula is C13H28O4. The van der Waals surface area contributed by atoms with Crippen LogP contribution >= 0.6 is 0 Å². The van der Waals surface area contributed by atoms with Crippen molar-refractivity contribution in [2.75, 3.05) is 0 Å². The van der Waals surface area contributed by atoms with Gasteiger partial charge in [0.15, 0.2) is 0 Å². The van der Waals surface area contributed by atoms with E-state index in [-0.39, 0.29) is 6.42 Å². The van der Waals surface area contributed by atoms with E-state index in [1.165, 1.54) is 0 Å². The monoisotopic (exact) mass is 248 g/mol. The zero-order chi connectivity index (χ0) is 13.3. The number of rotatable bonds is 10. The van der Waals surface area contributed by atoms with Crippen LogP contribution in [0.2, 0.25) is 0 Å². The Kier molecular flexibility index (Phi) is 9.74. The number of unbranched alkanes of at least 4 members (excludes halogenated alkanes) is 1. The summed E-state index contributed by atoms with van der Waals surface area (Å²) in [7, 11) is 0. The predicted octanol–water partition coefficient (Wildman–Crippen LogP) is 1.20. The Morgan fingerprint density at radius 1 is 0.706 bits per heavy atom. The molecule has 104 valence electrons. The first-order chi connectivity index (χ1) is 7.99. The summed E-state index contributed by atoms with van der Waals surface area (Å²) in [6.07, 6.45) is 1.70. The van der Waals surface area contributed by atoms with Crippen LogP contribution in [-0.4, -0.2) is 44.8 Å². The fourth-order valence-electron chi connectivity index (χ4n) is 1.86. The summed E-state index contributed by atoms with van der Waals surface area (Å²) in [4.78, 5) is 0. The van der Waals surface area contributed by atoms with Gasteiger partial charge in [-0.25, -0.2) is 0 Å². The molecule has 0 fully saturated rings. The summed E-state index contributed by atoms with van der Waals surface area (Å²) in [5.74, 6) is 0. The van der Waals surface area contributed by atoms with Gasteiger partial charge in [0, 0.05) is 0 Å². The van der Waals surface area contributed by atoms with Crippen molar-refractivity contribution in [2.45, 2.75) is 83.2 Å². The molecule has 0 aliphatic heterocycles. The van der Waals surface area contributed by atoms with Gasteiger partial charge in [0.1, 0.15) is 0 Å². The van der Waals surface area contributed by atoms with Crippen LogP contribution in [0.25, 0.3) is 0 Å². The summed E-state index contributed by atoms with van der Waals surface area (Å²) in [5.41, 5.74) is 0. The van der Waals surface area contributed by atoms with Crippen LogP contribution in [-0.2, 0) is 0 Å². The lowest BCUT2D eigenvalue weighted by Crippen LogP contribution is -2.25. The van der Waals surface area contributed by atoms with E-state index in [9.17, 15) is 20.4 Å². The van der Waals surface area contributed by atoms with Gasteiger partial charge >= 0.3 is 0 Å². The summed E-state index contributed by atoms with van der Waals surface area (Å²) in [5, 5.41) is 38.2. The Balaban J connectivity index is 3.72. The van der Waals surface area contributed by atoms with Crippen molar-refractivity contribution in [3.05, 3.63) is 0 Å². The Labute approximate surface area is 104 Å². The number of hydrogen-bond donors (Lipinski definition) is 4. The van der Waals surface area contributed by atoms with Crippen molar-refractivity contribution >= 4 is 0 Å². The maximum Gasteiger partial charge on any atom is 0.0589 e. The molecule has 0 aromatic rings. The average Bonchev–Trinajstić information content (AvgIpc) is 2.25. The fourth-order valence-corrected chi connectivity index (χ4v) is 1.86. The molecule has 4 unspecified atom stereocenters. The van der Waals surface area contributed by atoms with E-state index in [4.69, 9.17) is 0 Å². The third-order valence-corrected chi connectivity index (χ3v) is 2.99. The van der Waals surface area contributed by atoms with Crippen molar-refractivity contribution in [3.63, 3.8) is 0 Å². The molecule has 0 saturated heterocycles. The molecule has 4 nitrogen and oxygen atoms in total. The third-order valence-electron chi connectivity index (χ3n) is 2.99. The van der Waals surface area contributed by atoms with E-state index in [2.05, 4.69) is 6.92 Å². The molecule has 0 bridgehead atoms. The minimum atomic E-state index is -0.696. The van der Waals surface area contributed by atoms with Gasteiger partial charge in [-0.15, -0.1) is 0 Å². The Morgan fingerprint density at radius 2 is 1.18 bits per heavy atom. The topological polar surface area (TPSA) is 80.9 Å². The molecule has 0 aliphatic rings. The van der Waals surface area contributed by atoms with Crippen molar-refractivity contribution in [3.8, 4) is 0 Å². The van der Waals surface area contributed by atoms with E-state index >= 15 is 0 Å². The molecule has 0 aromatic heterocycles. The number of hydrogen-bond acceptors (Lipinski definition) is 4. The summed E-state index contributed by atoms with van der Waals surface area (Å²) in [6.45, 7) is 3.90. The van der Waals surface area contributed by atoms with E-state index in [0.29, 0.717) is 25.7 Å². The van der Waals surface area contributed by atoms with Gasteiger partial charge in [-0.05, 0) is 32.1 Å². The highest BCUT2D eigenvalue weighted by Crippen LogP contribution is 2.13. The van der Waals surface area contributed by atoms with E-state index < -0.39 is 24.4 Å². The van der Waals surface area contributed by atoms with Crippen LogP contribution in [0, 0.1) is 0 Å². The number of aliphatic hydroxyl groups is 4. The van der Waals surface area contributed by atoms with Crippen LogP contribution in [0.5, 0.6) is 0 Å².